The topological polar surface area (TPSA) is 67.0 Å². The van der Waals surface area contributed by atoms with Crippen molar-refractivity contribution in [1.82, 2.24) is 10.2 Å². The quantitative estimate of drug-likeness (QED) is 0.709. The highest BCUT2D eigenvalue weighted by Gasteiger charge is 2.08. The maximum atomic E-state index is 12.3. The Kier molecular flexibility index (Phi) is 3.87. The Morgan fingerprint density at radius 2 is 2.23 bits per heavy atom. The number of rotatable bonds is 5. The molecule has 0 atom stereocenters. The molecule has 0 saturated heterocycles. The number of carbonyl (C=O) groups excluding carboxylic acids is 1. The highest BCUT2D eigenvalue weighted by Crippen LogP contribution is 2.19. The highest BCUT2D eigenvalue weighted by molar-refractivity contribution is 6.06. The van der Waals surface area contributed by atoms with E-state index in [-0.39, 0.29) is 5.91 Å². The Hall–Kier alpha value is -3.08. The minimum Gasteiger partial charge on any atom is -0.489 e. The van der Waals surface area contributed by atoms with Crippen molar-refractivity contribution >= 4 is 22.5 Å². The molecule has 110 valence electrons. The number of aromatic nitrogens is 2. The van der Waals surface area contributed by atoms with Crippen molar-refractivity contribution in [2.24, 2.45) is 0 Å². The second-order valence-corrected chi connectivity index (χ2v) is 4.75. The highest BCUT2D eigenvalue weighted by atomic mass is 16.5. The van der Waals surface area contributed by atoms with Crippen LogP contribution in [0.2, 0.25) is 0 Å². The first-order valence-electron chi connectivity index (χ1n) is 6.84. The third kappa shape index (κ3) is 2.98. The number of fused-ring (bicyclic) bond motifs is 1. The Bertz CT molecular complexity index is 823. The van der Waals surface area contributed by atoms with Crippen molar-refractivity contribution in [2.45, 2.75) is 0 Å². The number of nitrogens with zero attached hydrogens (tertiary/aromatic N) is 1. The van der Waals surface area contributed by atoms with Crippen molar-refractivity contribution in [3.05, 3.63) is 66.9 Å². The number of nitrogens with one attached hydrogen (secondary N) is 2. The first-order chi connectivity index (χ1) is 10.8. The maximum absolute atomic E-state index is 12.3. The molecule has 5 heteroatoms. The van der Waals surface area contributed by atoms with Crippen molar-refractivity contribution in [3.8, 4) is 5.75 Å². The van der Waals surface area contributed by atoms with Gasteiger partial charge in [-0.2, -0.15) is 5.10 Å². The van der Waals surface area contributed by atoms with Crippen LogP contribution >= 0.6 is 0 Å². The standard InChI is InChI=1S/C17H15N3O2/c1-2-8-22-15-5-3-4-14(10-15)19-17(21)12-6-7-13-11-18-20-16(13)9-12/h2-7,9-11H,1,8H2,(H,18,20)(H,19,21). The van der Waals surface area contributed by atoms with E-state index in [4.69, 9.17) is 4.74 Å². The molecule has 2 N–H and O–H groups in total. The fourth-order valence-electron chi connectivity index (χ4n) is 2.10. The van der Waals surface area contributed by atoms with Gasteiger partial charge in [0.25, 0.3) is 5.91 Å². The number of benzene rings is 2. The largest absolute Gasteiger partial charge is 0.489 e. The predicted molar refractivity (Wildman–Crippen MR) is 86.2 cm³/mol. The monoisotopic (exact) mass is 293 g/mol. The van der Waals surface area contributed by atoms with Gasteiger partial charge in [-0.25, -0.2) is 0 Å². The van der Waals surface area contributed by atoms with Crippen LogP contribution in [0.4, 0.5) is 5.69 Å². The van der Waals surface area contributed by atoms with E-state index in [1.165, 1.54) is 0 Å². The molecule has 0 aliphatic heterocycles. The van der Waals surface area contributed by atoms with Gasteiger partial charge in [-0.1, -0.05) is 24.8 Å². The Morgan fingerprint density at radius 1 is 1.32 bits per heavy atom. The minimum absolute atomic E-state index is 0.183. The lowest BCUT2D eigenvalue weighted by Gasteiger charge is -2.08. The average Bonchev–Trinajstić information content (AvgIpc) is 3.00. The maximum Gasteiger partial charge on any atom is 0.255 e. The summed E-state index contributed by atoms with van der Waals surface area (Å²) in [7, 11) is 0. The smallest absolute Gasteiger partial charge is 0.255 e. The van der Waals surface area contributed by atoms with Gasteiger partial charge in [0.05, 0.1) is 11.7 Å². The van der Waals surface area contributed by atoms with Gasteiger partial charge in [-0.05, 0) is 24.3 Å². The van der Waals surface area contributed by atoms with Crippen LogP contribution in [0.1, 0.15) is 10.4 Å². The molecule has 0 saturated carbocycles. The SMILES string of the molecule is C=CCOc1cccc(NC(=O)c2ccc3cn[nH]c3c2)c1. The molecule has 3 aromatic rings. The molecule has 22 heavy (non-hydrogen) atoms. The van der Waals surface area contributed by atoms with Crippen LogP contribution in [0.3, 0.4) is 0 Å². The lowest BCUT2D eigenvalue weighted by atomic mass is 10.1. The molecule has 0 aliphatic carbocycles. The Labute approximate surface area is 127 Å². The van der Waals surface area contributed by atoms with Gasteiger partial charge in [0.15, 0.2) is 0 Å². The van der Waals surface area contributed by atoms with E-state index in [2.05, 4.69) is 22.1 Å². The van der Waals surface area contributed by atoms with Crippen molar-refractivity contribution in [2.75, 3.05) is 11.9 Å². The van der Waals surface area contributed by atoms with Crippen molar-refractivity contribution < 1.29 is 9.53 Å². The van der Waals surface area contributed by atoms with E-state index in [9.17, 15) is 4.79 Å². The summed E-state index contributed by atoms with van der Waals surface area (Å²) in [5, 5.41) is 10.6. The van der Waals surface area contributed by atoms with Crippen molar-refractivity contribution in [3.63, 3.8) is 0 Å². The number of H-pyrrole nitrogens is 1. The van der Waals surface area contributed by atoms with Gasteiger partial charge in [0.1, 0.15) is 12.4 Å². The van der Waals surface area contributed by atoms with Gasteiger partial charge in [0.2, 0.25) is 0 Å². The summed E-state index contributed by atoms with van der Waals surface area (Å²) in [4.78, 5) is 12.3. The van der Waals surface area contributed by atoms with Gasteiger partial charge in [0, 0.05) is 22.7 Å². The molecule has 2 aromatic carbocycles. The average molecular weight is 293 g/mol. The molecule has 0 fully saturated rings. The molecule has 1 heterocycles. The molecule has 0 aliphatic rings. The molecule has 0 unspecified atom stereocenters. The summed E-state index contributed by atoms with van der Waals surface area (Å²) >= 11 is 0. The zero-order chi connectivity index (χ0) is 15.4. The van der Waals surface area contributed by atoms with E-state index in [0.29, 0.717) is 23.6 Å². The van der Waals surface area contributed by atoms with Crippen LogP contribution in [0, 0.1) is 0 Å². The third-order valence-electron chi connectivity index (χ3n) is 3.16. The summed E-state index contributed by atoms with van der Waals surface area (Å²) < 4.78 is 5.45. The molecular weight excluding hydrogens is 278 g/mol. The number of ether oxygens (including phenoxy) is 1. The van der Waals surface area contributed by atoms with Gasteiger partial charge >= 0.3 is 0 Å². The van der Waals surface area contributed by atoms with E-state index < -0.39 is 0 Å². The van der Waals surface area contributed by atoms with Crippen LogP contribution in [0.25, 0.3) is 10.9 Å². The Morgan fingerprint density at radius 3 is 3.09 bits per heavy atom. The van der Waals surface area contributed by atoms with Crippen molar-refractivity contribution in [1.29, 1.82) is 0 Å². The van der Waals surface area contributed by atoms with Crippen LogP contribution < -0.4 is 10.1 Å². The fraction of sp³-hybridized carbons (Fsp3) is 0.0588. The molecule has 0 radical (unpaired) electrons. The van der Waals surface area contributed by atoms with E-state index in [1.54, 1.807) is 30.5 Å². The zero-order valence-corrected chi connectivity index (χ0v) is 11.9. The molecule has 0 bridgehead atoms. The Balaban J connectivity index is 1.76. The molecule has 1 aromatic heterocycles. The minimum atomic E-state index is -0.183. The molecule has 3 rings (SSSR count). The van der Waals surface area contributed by atoms with E-state index >= 15 is 0 Å². The second kappa shape index (κ2) is 6.13. The number of hydrogen-bond donors (Lipinski definition) is 2. The number of hydrogen-bond acceptors (Lipinski definition) is 3. The van der Waals surface area contributed by atoms with Crippen LogP contribution in [-0.4, -0.2) is 22.7 Å². The lowest BCUT2D eigenvalue weighted by molar-refractivity contribution is 0.102. The molecule has 0 spiro atoms. The normalized spacial score (nSPS) is 10.4. The predicted octanol–water partition coefficient (Wildman–Crippen LogP) is 3.38. The summed E-state index contributed by atoms with van der Waals surface area (Å²) in [6, 6.07) is 12.6. The number of anilines is 1. The molecular formula is C17H15N3O2. The summed E-state index contributed by atoms with van der Waals surface area (Å²) in [6.07, 6.45) is 3.39. The lowest BCUT2D eigenvalue weighted by Crippen LogP contribution is -2.11. The number of amides is 1. The van der Waals surface area contributed by atoms with Gasteiger partial charge < -0.3 is 10.1 Å². The number of aromatic amines is 1. The van der Waals surface area contributed by atoms with E-state index in [0.717, 1.165) is 10.9 Å². The summed E-state index contributed by atoms with van der Waals surface area (Å²) in [5.41, 5.74) is 2.07. The first kappa shape index (κ1) is 13.9. The van der Waals surface area contributed by atoms with Crippen LogP contribution in [0.5, 0.6) is 5.75 Å². The summed E-state index contributed by atoms with van der Waals surface area (Å²) in [5.74, 6) is 0.499. The van der Waals surface area contributed by atoms with Gasteiger partial charge in [-0.3, -0.25) is 9.89 Å². The van der Waals surface area contributed by atoms with Gasteiger partial charge in [-0.15, -0.1) is 0 Å². The molecule has 1 amide bonds. The third-order valence-corrected chi connectivity index (χ3v) is 3.16. The van der Waals surface area contributed by atoms with E-state index in [1.807, 2.05) is 24.3 Å². The van der Waals surface area contributed by atoms with Crippen LogP contribution in [-0.2, 0) is 0 Å². The first-order valence-corrected chi connectivity index (χ1v) is 6.84. The fourth-order valence-corrected chi connectivity index (χ4v) is 2.10. The van der Waals surface area contributed by atoms with Crippen LogP contribution in [0.15, 0.2) is 61.3 Å². The zero-order valence-electron chi connectivity index (χ0n) is 11.9. The second-order valence-electron chi connectivity index (χ2n) is 4.75. The molecule has 5 nitrogen and oxygen atoms in total. The summed E-state index contributed by atoms with van der Waals surface area (Å²) in [6.45, 7) is 4.03. The number of carbonyl (C=O) groups is 1.